The van der Waals surface area contributed by atoms with Gasteiger partial charge in [-0.2, -0.15) is 0 Å². The van der Waals surface area contributed by atoms with Crippen LogP contribution in [0.1, 0.15) is 16.2 Å². The van der Waals surface area contributed by atoms with Crippen molar-refractivity contribution >= 4 is 17.1 Å². The summed E-state index contributed by atoms with van der Waals surface area (Å²) in [5.41, 5.74) is 1.55. The number of aromatic nitrogens is 3. The highest BCUT2D eigenvalue weighted by Gasteiger charge is 2.15. The number of methoxy groups -OCH3 is 1. The number of hydrogen-bond acceptors (Lipinski definition) is 5. The number of phenolic OH excluding ortho intramolecular Hbond substituents is 1. The molecule has 1 N–H and O–H groups in total. The van der Waals surface area contributed by atoms with E-state index in [4.69, 9.17) is 4.74 Å². The number of carbonyl (C=O) groups excluding carboxylic acids is 1. The molecule has 3 aromatic rings. The first kappa shape index (κ1) is 13.3. The minimum atomic E-state index is 0.193. The highest BCUT2D eigenvalue weighted by atomic mass is 16.5. The van der Waals surface area contributed by atoms with Crippen LogP contribution in [0.5, 0.6) is 5.75 Å². The second-order valence-electron chi connectivity index (χ2n) is 4.53. The van der Waals surface area contributed by atoms with Gasteiger partial charge in [-0.1, -0.05) is 29.5 Å². The van der Waals surface area contributed by atoms with E-state index >= 15 is 0 Å². The van der Waals surface area contributed by atoms with E-state index in [0.29, 0.717) is 17.4 Å². The second kappa shape index (κ2) is 5.34. The maximum absolute atomic E-state index is 11.1. The Hall–Kier alpha value is -2.73. The first-order valence-electron chi connectivity index (χ1n) is 6.36. The van der Waals surface area contributed by atoms with E-state index in [1.165, 1.54) is 0 Å². The van der Waals surface area contributed by atoms with Gasteiger partial charge in [-0.3, -0.25) is 4.79 Å². The molecule has 0 atom stereocenters. The third kappa shape index (κ3) is 2.15. The molecule has 0 bridgehead atoms. The van der Waals surface area contributed by atoms with Crippen LogP contribution < -0.4 is 0 Å². The van der Waals surface area contributed by atoms with Crippen molar-refractivity contribution in [1.29, 1.82) is 0 Å². The van der Waals surface area contributed by atoms with Crippen LogP contribution in [0.15, 0.2) is 36.4 Å². The standard InChI is InChI=1S/C15H13N3O3/c1-21-9-14-12(8-19)16-17-18(14)13-6-2-5-11-10(13)4-3-7-15(11)20/h2-8,20H,9H2,1H3. The predicted octanol–water partition coefficient (Wildman–Crippen LogP) is 2.08. The van der Waals surface area contributed by atoms with Crippen LogP contribution in [0.3, 0.4) is 0 Å². The van der Waals surface area contributed by atoms with Crippen LogP contribution in [0.2, 0.25) is 0 Å². The third-order valence-electron chi connectivity index (χ3n) is 3.29. The van der Waals surface area contributed by atoms with Gasteiger partial charge in [-0.05, 0) is 12.1 Å². The Labute approximate surface area is 120 Å². The van der Waals surface area contributed by atoms with E-state index in [0.717, 1.165) is 11.1 Å². The number of carbonyl (C=O) groups is 1. The first-order chi connectivity index (χ1) is 10.3. The highest BCUT2D eigenvalue weighted by molar-refractivity contribution is 5.94. The molecule has 6 heteroatoms. The van der Waals surface area contributed by atoms with Crippen LogP contribution in [0.25, 0.3) is 16.5 Å². The SMILES string of the molecule is COCc1c(C=O)nnn1-c1cccc2c(O)cccc12. The van der Waals surface area contributed by atoms with Gasteiger partial charge in [-0.25, -0.2) is 4.68 Å². The van der Waals surface area contributed by atoms with E-state index in [-0.39, 0.29) is 18.1 Å². The fraction of sp³-hybridized carbons (Fsp3) is 0.133. The Balaban J connectivity index is 2.28. The first-order valence-corrected chi connectivity index (χ1v) is 6.36. The number of hydrogen-bond donors (Lipinski definition) is 1. The third-order valence-corrected chi connectivity index (χ3v) is 3.29. The van der Waals surface area contributed by atoms with Crippen LogP contribution in [-0.2, 0) is 11.3 Å². The van der Waals surface area contributed by atoms with E-state index in [2.05, 4.69) is 10.3 Å². The summed E-state index contributed by atoms with van der Waals surface area (Å²) in [5.74, 6) is 0.193. The quantitative estimate of drug-likeness (QED) is 0.742. The molecule has 21 heavy (non-hydrogen) atoms. The molecule has 3 rings (SSSR count). The predicted molar refractivity (Wildman–Crippen MR) is 76.6 cm³/mol. The number of phenols is 1. The fourth-order valence-corrected chi connectivity index (χ4v) is 2.33. The lowest BCUT2D eigenvalue weighted by molar-refractivity contribution is 0.111. The normalized spacial score (nSPS) is 10.9. The Bertz CT molecular complexity index is 811. The Morgan fingerprint density at radius 2 is 2.00 bits per heavy atom. The number of benzene rings is 2. The Kier molecular flexibility index (Phi) is 3.37. The van der Waals surface area contributed by atoms with Gasteiger partial charge in [0.2, 0.25) is 0 Å². The molecule has 2 aromatic carbocycles. The van der Waals surface area contributed by atoms with Crippen molar-refractivity contribution in [3.63, 3.8) is 0 Å². The summed E-state index contributed by atoms with van der Waals surface area (Å²) in [4.78, 5) is 11.1. The van der Waals surface area contributed by atoms with Gasteiger partial charge in [-0.15, -0.1) is 5.10 Å². The van der Waals surface area contributed by atoms with E-state index in [1.54, 1.807) is 23.9 Å². The summed E-state index contributed by atoms with van der Waals surface area (Å²) >= 11 is 0. The number of rotatable bonds is 4. The zero-order valence-corrected chi connectivity index (χ0v) is 11.4. The van der Waals surface area contributed by atoms with Crippen molar-refractivity contribution in [1.82, 2.24) is 15.0 Å². The molecule has 0 aliphatic carbocycles. The van der Waals surface area contributed by atoms with Crippen molar-refractivity contribution in [3.05, 3.63) is 47.8 Å². The largest absolute Gasteiger partial charge is 0.507 e. The number of aldehydes is 1. The smallest absolute Gasteiger partial charge is 0.172 e. The van der Waals surface area contributed by atoms with Gasteiger partial charge in [0.15, 0.2) is 12.0 Å². The van der Waals surface area contributed by atoms with Crippen LogP contribution >= 0.6 is 0 Å². The number of ether oxygens (including phenoxy) is 1. The number of fused-ring (bicyclic) bond motifs is 1. The highest BCUT2D eigenvalue weighted by Crippen LogP contribution is 2.29. The molecule has 0 amide bonds. The maximum atomic E-state index is 11.1. The summed E-state index contributed by atoms with van der Waals surface area (Å²) in [6.45, 7) is 0.219. The molecule has 6 nitrogen and oxygen atoms in total. The van der Waals surface area contributed by atoms with Gasteiger partial charge < -0.3 is 9.84 Å². The van der Waals surface area contributed by atoms with E-state index in [1.807, 2.05) is 24.3 Å². The zero-order chi connectivity index (χ0) is 14.8. The average Bonchev–Trinajstić information content (AvgIpc) is 2.90. The second-order valence-corrected chi connectivity index (χ2v) is 4.53. The van der Waals surface area contributed by atoms with Gasteiger partial charge in [0.1, 0.15) is 11.4 Å². The minimum absolute atomic E-state index is 0.193. The molecule has 106 valence electrons. The molecule has 0 radical (unpaired) electrons. The van der Waals surface area contributed by atoms with Crippen molar-refractivity contribution in [3.8, 4) is 11.4 Å². The molecular formula is C15H13N3O3. The van der Waals surface area contributed by atoms with E-state index in [9.17, 15) is 9.90 Å². The van der Waals surface area contributed by atoms with Gasteiger partial charge >= 0.3 is 0 Å². The molecule has 0 unspecified atom stereocenters. The van der Waals surface area contributed by atoms with Crippen LogP contribution in [-0.4, -0.2) is 33.5 Å². The lowest BCUT2D eigenvalue weighted by atomic mass is 10.1. The van der Waals surface area contributed by atoms with Gasteiger partial charge in [0.05, 0.1) is 12.3 Å². The van der Waals surface area contributed by atoms with Crippen LogP contribution in [0, 0.1) is 0 Å². The molecule has 0 saturated carbocycles. The lowest BCUT2D eigenvalue weighted by Gasteiger charge is -2.10. The molecule has 1 heterocycles. The summed E-state index contributed by atoms with van der Waals surface area (Å²) in [6, 6.07) is 10.8. The summed E-state index contributed by atoms with van der Waals surface area (Å²) < 4.78 is 6.68. The monoisotopic (exact) mass is 283 g/mol. The lowest BCUT2D eigenvalue weighted by Crippen LogP contribution is -2.05. The molecule has 0 aliphatic rings. The van der Waals surface area contributed by atoms with Crippen molar-refractivity contribution < 1.29 is 14.6 Å². The van der Waals surface area contributed by atoms with Crippen molar-refractivity contribution in [2.75, 3.05) is 7.11 Å². The van der Waals surface area contributed by atoms with Crippen LogP contribution in [0.4, 0.5) is 0 Å². The fourth-order valence-electron chi connectivity index (χ4n) is 2.33. The Morgan fingerprint density at radius 1 is 1.24 bits per heavy atom. The van der Waals surface area contributed by atoms with Gasteiger partial charge in [0.25, 0.3) is 0 Å². The molecule has 1 aromatic heterocycles. The van der Waals surface area contributed by atoms with Crippen molar-refractivity contribution in [2.45, 2.75) is 6.61 Å². The molecule has 0 fully saturated rings. The summed E-state index contributed by atoms with van der Waals surface area (Å²) in [6.07, 6.45) is 0.653. The maximum Gasteiger partial charge on any atom is 0.172 e. The van der Waals surface area contributed by atoms with Crippen molar-refractivity contribution in [2.24, 2.45) is 0 Å². The number of aromatic hydroxyl groups is 1. The summed E-state index contributed by atoms with van der Waals surface area (Å²) in [7, 11) is 1.54. The topological polar surface area (TPSA) is 77.2 Å². The molecule has 0 saturated heterocycles. The van der Waals surface area contributed by atoms with Gasteiger partial charge in [0, 0.05) is 17.9 Å². The summed E-state index contributed by atoms with van der Waals surface area (Å²) in [5, 5.41) is 19.4. The molecule has 0 aliphatic heterocycles. The van der Waals surface area contributed by atoms with E-state index < -0.39 is 0 Å². The average molecular weight is 283 g/mol. The molecule has 0 spiro atoms. The zero-order valence-electron chi connectivity index (χ0n) is 11.4. The minimum Gasteiger partial charge on any atom is -0.507 e. The number of nitrogens with zero attached hydrogens (tertiary/aromatic N) is 3. The Morgan fingerprint density at radius 3 is 2.76 bits per heavy atom. The molecular weight excluding hydrogens is 270 g/mol.